The molecule has 0 aliphatic carbocycles. The fourth-order valence-electron chi connectivity index (χ4n) is 1.95. The number of anilines is 1. The molecule has 2 rings (SSSR count). The van der Waals surface area contributed by atoms with E-state index in [4.69, 9.17) is 11.6 Å². The Bertz CT molecular complexity index is 595. The summed E-state index contributed by atoms with van der Waals surface area (Å²) in [6.07, 6.45) is 0. The Morgan fingerprint density at radius 2 is 1.79 bits per heavy atom. The molecule has 0 fully saturated rings. The van der Waals surface area contributed by atoms with Crippen LogP contribution in [0.1, 0.15) is 29.7 Å². The third-order valence-corrected chi connectivity index (χ3v) is 3.64. The van der Waals surface area contributed by atoms with Crippen LogP contribution >= 0.6 is 11.6 Å². The molecule has 0 spiro atoms. The second kappa shape index (κ2) is 5.62. The van der Waals surface area contributed by atoms with Crippen molar-refractivity contribution in [2.75, 3.05) is 5.32 Å². The third-order valence-electron chi connectivity index (χ3n) is 3.33. The molecule has 0 saturated heterocycles. The predicted molar refractivity (Wildman–Crippen MR) is 79.4 cm³/mol. The largest absolute Gasteiger partial charge is 0.379 e. The van der Waals surface area contributed by atoms with Crippen LogP contribution in [0.4, 0.5) is 10.1 Å². The minimum atomic E-state index is -0.382. The third kappa shape index (κ3) is 3.27. The Morgan fingerprint density at radius 3 is 2.42 bits per heavy atom. The van der Waals surface area contributed by atoms with Crippen molar-refractivity contribution >= 4 is 17.3 Å². The summed E-state index contributed by atoms with van der Waals surface area (Å²) in [5.74, 6) is -0.382. The van der Waals surface area contributed by atoms with Gasteiger partial charge in [-0.05, 0) is 61.7 Å². The zero-order chi connectivity index (χ0) is 14.0. The maximum absolute atomic E-state index is 13.4. The number of aryl methyl sites for hydroxylation is 2. The van der Waals surface area contributed by atoms with E-state index in [1.807, 2.05) is 19.1 Å². The Hall–Kier alpha value is -1.54. The Kier molecular flexibility index (Phi) is 4.11. The molecule has 0 aliphatic heterocycles. The van der Waals surface area contributed by atoms with E-state index >= 15 is 0 Å². The van der Waals surface area contributed by atoms with Crippen molar-refractivity contribution in [3.05, 3.63) is 63.9 Å². The zero-order valence-corrected chi connectivity index (χ0v) is 12.1. The van der Waals surface area contributed by atoms with Gasteiger partial charge in [0.05, 0.1) is 5.02 Å². The van der Waals surface area contributed by atoms with Gasteiger partial charge in [0, 0.05) is 11.7 Å². The number of hydrogen-bond donors (Lipinski definition) is 1. The SMILES string of the molecule is Cc1ccc(NC(C)c2ccc(Cl)c(F)c2)cc1C. The summed E-state index contributed by atoms with van der Waals surface area (Å²) in [5.41, 5.74) is 4.40. The van der Waals surface area contributed by atoms with Crippen LogP contribution in [0.5, 0.6) is 0 Å². The Morgan fingerprint density at radius 1 is 1.05 bits per heavy atom. The first kappa shape index (κ1) is 13.9. The van der Waals surface area contributed by atoms with E-state index in [0.717, 1.165) is 11.3 Å². The molecule has 0 saturated carbocycles. The summed E-state index contributed by atoms with van der Waals surface area (Å²) in [5, 5.41) is 3.52. The summed E-state index contributed by atoms with van der Waals surface area (Å²) >= 11 is 5.69. The molecular formula is C16H17ClFN. The molecule has 1 N–H and O–H groups in total. The molecule has 1 atom stereocenters. The lowest BCUT2D eigenvalue weighted by Gasteiger charge is -2.17. The molecule has 100 valence electrons. The van der Waals surface area contributed by atoms with Gasteiger partial charge in [0.25, 0.3) is 0 Å². The van der Waals surface area contributed by atoms with E-state index < -0.39 is 0 Å². The van der Waals surface area contributed by atoms with Gasteiger partial charge < -0.3 is 5.32 Å². The smallest absolute Gasteiger partial charge is 0.142 e. The van der Waals surface area contributed by atoms with Gasteiger partial charge in [-0.2, -0.15) is 0 Å². The van der Waals surface area contributed by atoms with Crippen LogP contribution in [-0.2, 0) is 0 Å². The van der Waals surface area contributed by atoms with E-state index in [-0.39, 0.29) is 16.9 Å². The lowest BCUT2D eigenvalue weighted by Crippen LogP contribution is -2.07. The topological polar surface area (TPSA) is 12.0 Å². The first-order valence-corrected chi connectivity index (χ1v) is 6.64. The van der Waals surface area contributed by atoms with Crippen LogP contribution in [0.25, 0.3) is 0 Å². The molecule has 0 aromatic heterocycles. The monoisotopic (exact) mass is 277 g/mol. The highest BCUT2D eigenvalue weighted by molar-refractivity contribution is 6.30. The molecule has 0 amide bonds. The predicted octanol–water partition coefficient (Wildman–Crippen LogP) is 5.27. The van der Waals surface area contributed by atoms with Crippen LogP contribution in [0.3, 0.4) is 0 Å². The standard InChI is InChI=1S/C16H17ClFN/c1-10-4-6-14(8-11(10)2)19-12(3)13-5-7-15(17)16(18)9-13/h4-9,12,19H,1-3H3. The Balaban J connectivity index is 2.17. The molecule has 19 heavy (non-hydrogen) atoms. The molecule has 0 bridgehead atoms. The molecule has 1 nitrogen and oxygen atoms in total. The van der Waals surface area contributed by atoms with Gasteiger partial charge in [0.15, 0.2) is 0 Å². The van der Waals surface area contributed by atoms with Gasteiger partial charge >= 0.3 is 0 Å². The van der Waals surface area contributed by atoms with E-state index in [9.17, 15) is 4.39 Å². The summed E-state index contributed by atoms with van der Waals surface area (Å²) in [7, 11) is 0. The highest BCUT2D eigenvalue weighted by Gasteiger charge is 2.08. The maximum atomic E-state index is 13.4. The van der Waals surface area contributed by atoms with Crippen LogP contribution in [0.2, 0.25) is 5.02 Å². The second-order valence-corrected chi connectivity index (χ2v) is 5.25. The van der Waals surface area contributed by atoms with Crippen molar-refractivity contribution in [2.24, 2.45) is 0 Å². The van der Waals surface area contributed by atoms with Gasteiger partial charge in [0.2, 0.25) is 0 Å². The first-order valence-electron chi connectivity index (χ1n) is 6.26. The lowest BCUT2D eigenvalue weighted by molar-refractivity contribution is 0.624. The highest BCUT2D eigenvalue weighted by atomic mass is 35.5. The van der Waals surface area contributed by atoms with E-state index in [2.05, 4.69) is 31.3 Å². The average Bonchev–Trinajstić information content (AvgIpc) is 2.37. The van der Waals surface area contributed by atoms with E-state index in [1.54, 1.807) is 6.07 Å². The van der Waals surface area contributed by atoms with E-state index in [0.29, 0.717) is 0 Å². The van der Waals surface area contributed by atoms with Gasteiger partial charge in [-0.15, -0.1) is 0 Å². The summed E-state index contributed by atoms with van der Waals surface area (Å²) < 4.78 is 13.4. The maximum Gasteiger partial charge on any atom is 0.142 e. The molecule has 0 aliphatic rings. The number of rotatable bonds is 3. The van der Waals surface area contributed by atoms with Crippen molar-refractivity contribution in [3.63, 3.8) is 0 Å². The molecule has 0 heterocycles. The minimum Gasteiger partial charge on any atom is -0.379 e. The average molecular weight is 278 g/mol. The molecule has 2 aromatic rings. The van der Waals surface area contributed by atoms with Gasteiger partial charge in [0.1, 0.15) is 5.82 Å². The molecule has 0 radical (unpaired) electrons. The number of nitrogens with one attached hydrogen (secondary N) is 1. The van der Waals surface area contributed by atoms with Crippen molar-refractivity contribution in [3.8, 4) is 0 Å². The molecule has 3 heteroatoms. The molecule has 1 unspecified atom stereocenters. The van der Waals surface area contributed by atoms with Crippen LogP contribution in [0.15, 0.2) is 36.4 Å². The summed E-state index contributed by atoms with van der Waals surface area (Å²) in [4.78, 5) is 0. The summed E-state index contributed by atoms with van der Waals surface area (Å²) in [6.45, 7) is 6.15. The first-order chi connectivity index (χ1) is 8.97. The number of hydrogen-bond acceptors (Lipinski definition) is 1. The molecule has 2 aromatic carbocycles. The quantitative estimate of drug-likeness (QED) is 0.806. The highest BCUT2D eigenvalue weighted by Crippen LogP contribution is 2.24. The van der Waals surface area contributed by atoms with Crippen LogP contribution in [0, 0.1) is 19.7 Å². The van der Waals surface area contributed by atoms with Crippen molar-refractivity contribution in [1.82, 2.24) is 0 Å². The van der Waals surface area contributed by atoms with Gasteiger partial charge in [-0.1, -0.05) is 23.7 Å². The minimum absolute atomic E-state index is 0.0221. The lowest BCUT2D eigenvalue weighted by atomic mass is 10.1. The van der Waals surface area contributed by atoms with Crippen molar-refractivity contribution < 1.29 is 4.39 Å². The van der Waals surface area contributed by atoms with Gasteiger partial charge in [-0.3, -0.25) is 0 Å². The van der Waals surface area contributed by atoms with Crippen LogP contribution in [-0.4, -0.2) is 0 Å². The summed E-state index contributed by atoms with van der Waals surface area (Å²) in [6, 6.07) is 11.1. The Labute approximate surface area is 118 Å². The van der Waals surface area contributed by atoms with Crippen LogP contribution < -0.4 is 5.32 Å². The fraction of sp³-hybridized carbons (Fsp3) is 0.250. The number of benzene rings is 2. The van der Waals surface area contributed by atoms with Crippen molar-refractivity contribution in [1.29, 1.82) is 0 Å². The molecular weight excluding hydrogens is 261 g/mol. The fourth-order valence-corrected chi connectivity index (χ4v) is 2.06. The van der Waals surface area contributed by atoms with Crippen molar-refractivity contribution in [2.45, 2.75) is 26.8 Å². The second-order valence-electron chi connectivity index (χ2n) is 4.84. The van der Waals surface area contributed by atoms with E-state index in [1.165, 1.54) is 17.2 Å². The van der Waals surface area contributed by atoms with Gasteiger partial charge in [-0.25, -0.2) is 4.39 Å². The number of halogens is 2. The normalized spacial score (nSPS) is 12.3. The zero-order valence-electron chi connectivity index (χ0n) is 11.3.